The number of allylic oxidation sites excluding steroid dienone is 5. The lowest BCUT2D eigenvalue weighted by Crippen LogP contribution is -2.29. The molecule has 0 aliphatic carbocycles. The zero-order chi connectivity index (χ0) is 26.4. The average molecular weight is 501 g/mol. The fraction of sp³-hybridized carbons (Fsp3) is 0.333. The van der Waals surface area contributed by atoms with Crippen molar-refractivity contribution in [3.05, 3.63) is 89.9 Å². The number of hydrogen-bond acceptors (Lipinski definition) is 5. The fourth-order valence-corrected chi connectivity index (χ4v) is 4.77. The molecule has 1 aliphatic rings. The van der Waals surface area contributed by atoms with E-state index in [-0.39, 0.29) is 5.82 Å². The summed E-state index contributed by atoms with van der Waals surface area (Å²) in [6.07, 6.45) is 12.1. The van der Waals surface area contributed by atoms with Crippen molar-refractivity contribution in [2.24, 2.45) is 0 Å². The summed E-state index contributed by atoms with van der Waals surface area (Å²) < 4.78 is 16.1. The summed E-state index contributed by atoms with van der Waals surface area (Å²) in [6.45, 7) is 13.9. The van der Waals surface area contributed by atoms with Gasteiger partial charge in [-0.05, 0) is 68.5 Å². The van der Waals surface area contributed by atoms with Crippen molar-refractivity contribution < 1.29 is 4.39 Å². The predicted octanol–water partition coefficient (Wildman–Crippen LogP) is 6.71. The number of H-pyrrole nitrogens is 1. The van der Waals surface area contributed by atoms with Crippen molar-refractivity contribution in [3.63, 3.8) is 0 Å². The number of piperidine rings is 1. The van der Waals surface area contributed by atoms with E-state index in [0.29, 0.717) is 29.0 Å². The molecule has 194 valence electrons. The number of fused-ring (bicyclic) bond motifs is 1. The van der Waals surface area contributed by atoms with Crippen LogP contribution in [-0.2, 0) is 6.42 Å². The van der Waals surface area contributed by atoms with Gasteiger partial charge in [-0.25, -0.2) is 14.4 Å². The van der Waals surface area contributed by atoms with Gasteiger partial charge in [0.15, 0.2) is 5.65 Å². The molecule has 1 aromatic carbocycles. The van der Waals surface area contributed by atoms with Gasteiger partial charge in [0, 0.05) is 61.0 Å². The molecule has 0 unspecified atom stereocenters. The number of nitrogens with one attached hydrogen (secondary N) is 3. The van der Waals surface area contributed by atoms with E-state index in [9.17, 15) is 0 Å². The highest BCUT2D eigenvalue weighted by atomic mass is 19.1. The van der Waals surface area contributed by atoms with Gasteiger partial charge in [0.1, 0.15) is 17.2 Å². The van der Waals surface area contributed by atoms with Crippen molar-refractivity contribution in [2.75, 3.05) is 30.4 Å². The first kappa shape index (κ1) is 26.2. The number of hydrogen-bond donors (Lipinski definition) is 3. The van der Waals surface area contributed by atoms with Gasteiger partial charge >= 0.3 is 0 Å². The van der Waals surface area contributed by atoms with Gasteiger partial charge in [-0.1, -0.05) is 26.2 Å². The topological polar surface area (TPSA) is 68.9 Å². The van der Waals surface area contributed by atoms with Crippen LogP contribution in [0.25, 0.3) is 16.7 Å². The van der Waals surface area contributed by atoms with Gasteiger partial charge in [-0.2, -0.15) is 0 Å². The van der Waals surface area contributed by atoms with Crippen molar-refractivity contribution in [2.45, 2.75) is 46.0 Å². The number of benzene rings is 1. The molecule has 0 bridgehead atoms. The highest BCUT2D eigenvalue weighted by Crippen LogP contribution is 2.31. The van der Waals surface area contributed by atoms with Crippen LogP contribution in [0.3, 0.4) is 0 Å². The Morgan fingerprint density at radius 1 is 1.22 bits per heavy atom. The van der Waals surface area contributed by atoms with Crippen molar-refractivity contribution in [3.8, 4) is 0 Å². The van der Waals surface area contributed by atoms with Crippen LogP contribution in [0.5, 0.6) is 0 Å². The van der Waals surface area contributed by atoms with Gasteiger partial charge in [-0.15, -0.1) is 0 Å². The minimum Gasteiger partial charge on any atom is -0.388 e. The Hall–Kier alpha value is -3.87. The van der Waals surface area contributed by atoms with Crippen LogP contribution in [0, 0.1) is 5.82 Å². The van der Waals surface area contributed by atoms with Crippen LogP contribution < -0.4 is 15.5 Å². The standard InChI is InChI=1S/C30H37FN6/c1-6-20(4)34-22(8-3)18-21(7-2)23-12-13-25(32-5)24(28(23)31)19-27-35-29-26(14-15-33-30(29)36-27)37-16-10-9-11-17-37/h7-8,12-15,18,32,34H,3-4,6,9-11,16-17,19H2,1-2,5H3,(H,33,35,36)/b21-7+,22-18+. The molecule has 0 radical (unpaired) electrons. The van der Waals surface area contributed by atoms with Crippen molar-refractivity contribution >= 4 is 28.1 Å². The minimum absolute atomic E-state index is 0.279. The van der Waals surface area contributed by atoms with Gasteiger partial charge in [-0.3, -0.25) is 0 Å². The molecule has 4 rings (SSSR count). The van der Waals surface area contributed by atoms with E-state index >= 15 is 4.39 Å². The van der Waals surface area contributed by atoms with Gasteiger partial charge in [0.05, 0.1) is 5.69 Å². The first-order valence-electron chi connectivity index (χ1n) is 13.0. The molecule has 2 aromatic heterocycles. The van der Waals surface area contributed by atoms with Crippen LogP contribution >= 0.6 is 0 Å². The summed E-state index contributed by atoms with van der Waals surface area (Å²) >= 11 is 0. The molecule has 6 nitrogen and oxygen atoms in total. The zero-order valence-electron chi connectivity index (χ0n) is 22.1. The summed E-state index contributed by atoms with van der Waals surface area (Å²) in [5, 5.41) is 6.38. The third-order valence-electron chi connectivity index (χ3n) is 6.87. The molecule has 1 saturated heterocycles. The van der Waals surface area contributed by atoms with E-state index in [1.165, 1.54) is 19.3 Å². The number of nitrogens with zero attached hydrogens (tertiary/aromatic N) is 3. The van der Waals surface area contributed by atoms with Gasteiger partial charge in [0.2, 0.25) is 0 Å². The molecule has 7 heteroatoms. The lowest BCUT2D eigenvalue weighted by molar-refractivity contribution is 0.578. The average Bonchev–Trinajstić information content (AvgIpc) is 3.35. The molecule has 3 N–H and O–H groups in total. The van der Waals surface area contributed by atoms with E-state index in [4.69, 9.17) is 4.98 Å². The largest absolute Gasteiger partial charge is 0.388 e. The zero-order valence-corrected chi connectivity index (χ0v) is 22.1. The van der Waals surface area contributed by atoms with Gasteiger partial charge in [0.25, 0.3) is 0 Å². The van der Waals surface area contributed by atoms with E-state index in [1.807, 2.05) is 38.1 Å². The smallest absolute Gasteiger partial charge is 0.179 e. The Balaban J connectivity index is 1.70. The fourth-order valence-electron chi connectivity index (χ4n) is 4.77. The van der Waals surface area contributed by atoms with Crippen LogP contribution in [0.4, 0.5) is 15.8 Å². The Bertz CT molecular complexity index is 1340. The van der Waals surface area contributed by atoms with Crippen LogP contribution in [-0.4, -0.2) is 35.1 Å². The maximum Gasteiger partial charge on any atom is 0.179 e. The molecular formula is C30H37FN6. The number of anilines is 2. The highest BCUT2D eigenvalue weighted by Gasteiger charge is 2.20. The lowest BCUT2D eigenvalue weighted by Gasteiger charge is -2.28. The first-order chi connectivity index (χ1) is 18.0. The van der Waals surface area contributed by atoms with Crippen LogP contribution in [0.15, 0.2) is 67.2 Å². The van der Waals surface area contributed by atoms with E-state index < -0.39 is 0 Å². The number of aromatic amines is 1. The number of aromatic nitrogens is 3. The summed E-state index contributed by atoms with van der Waals surface area (Å²) in [6, 6.07) is 5.76. The Kier molecular flexibility index (Phi) is 8.43. The highest BCUT2D eigenvalue weighted by molar-refractivity contribution is 5.86. The van der Waals surface area contributed by atoms with Gasteiger partial charge < -0.3 is 20.5 Å². The Labute approximate surface area is 219 Å². The molecular weight excluding hydrogens is 463 g/mol. The second-order valence-electron chi connectivity index (χ2n) is 9.27. The third-order valence-corrected chi connectivity index (χ3v) is 6.87. The monoisotopic (exact) mass is 500 g/mol. The quantitative estimate of drug-likeness (QED) is 0.270. The number of halogens is 1. The van der Waals surface area contributed by atoms with Crippen molar-refractivity contribution in [1.82, 2.24) is 20.3 Å². The maximum absolute atomic E-state index is 16.1. The summed E-state index contributed by atoms with van der Waals surface area (Å²) in [5.41, 5.74) is 6.89. The predicted molar refractivity (Wildman–Crippen MR) is 153 cm³/mol. The summed E-state index contributed by atoms with van der Waals surface area (Å²) in [5.74, 6) is 0.406. The second-order valence-corrected chi connectivity index (χ2v) is 9.27. The van der Waals surface area contributed by atoms with Crippen LogP contribution in [0.2, 0.25) is 0 Å². The molecule has 1 fully saturated rings. The SMILES string of the molecule is C=C/C(=C\C(=C/C)c1ccc(NC)c(Cc2nc3nccc(N4CCCCC4)c3[nH]2)c1F)NC(=C)CC. The lowest BCUT2D eigenvalue weighted by atomic mass is 9.97. The van der Waals surface area contributed by atoms with E-state index in [1.54, 1.807) is 25.4 Å². The molecule has 3 heterocycles. The van der Waals surface area contributed by atoms with E-state index in [0.717, 1.165) is 53.4 Å². The molecule has 37 heavy (non-hydrogen) atoms. The Morgan fingerprint density at radius 2 is 2.00 bits per heavy atom. The summed E-state index contributed by atoms with van der Waals surface area (Å²) in [7, 11) is 1.80. The van der Waals surface area contributed by atoms with Crippen LogP contribution in [0.1, 0.15) is 56.5 Å². The molecule has 0 saturated carbocycles. The molecule has 3 aromatic rings. The third kappa shape index (κ3) is 5.77. The van der Waals surface area contributed by atoms with E-state index in [2.05, 4.69) is 38.7 Å². The summed E-state index contributed by atoms with van der Waals surface area (Å²) in [4.78, 5) is 15.0. The maximum atomic E-state index is 16.1. The normalized spacial score (nSPS) is 14.6. The minimum atomic E-state index is -0.279. The second kappa shape index (κ2) is 11.9. The molecule has 1 aliphatic heterocycles. The number of pyridine rings is 1. The van der Waals surface area contributed by atoms with Crippen molar-refractivity contribution in [1.29, 1.82) is 0 Å². The molecule has 0 amide bonds. The Morgan fingerprint density at radius 3 is 2.68 bits per heavy atom. The number of rotatable bonds is 10. The number of imidazole rings is 1. The molecule has 0 atom stereocenters. The first-order valence-corrected chi connectivity index (χ1v) is 13.0. The molecule has 0 spiro atoms.